The van der Waals surface area contributed by atoms with Crippen molar-refractivity contribution in [1.29, 1.82) is 0 Å². The lowest BCUT2D eigenvalue weighted by molar-refractivity contribution is 0.0584. The van der Waals surface area contributed by atoms with Crippen molar-refractivity contribution in [1.82, 2.24) is 9.88 Å². The summed E-state index contributed by atoms with van der Waals surface area (Å²) in [5.41, 5.74) is 2.76. The summed E-state index contributed by atoms with van der Waals surface area (Å²) in [6.45, 7) is 11.1. The fourth-order valence-electron chi connectivity index (χ4n) is 2.90. The molecule has 0 aliphatic carbocycles. The highest BCUT2D eigenvalue weighted by Crippen LogP contribution is 2.30. The molecule has 0 bridgehead atoms. The molecule has 4 heteroatoms. The average Bonchev–Trinajstić information content (AvgIpc) is 2.43. The maximum absolute atomic E-state index is 12.8. The zero-order valence-electron chi connectivity index (χ0n) is 13.7. The van der Waals surface area contributed by atoms with E-state index in [2.05, 4.69) is 31.1 Å². The standard InChI is InChI=1S/C17H27N3O/c1-5-8-18-15-10-13(2)19-11-14(15)16(21)20-9-6-7-17(3,4)12-20/h10-11H,5-9,12H2,1-4H3,(H,18,19). The van der Waals surface area contributed by atoms with Crippen LogP contribution in [0.1, 0.15) is 56.1 Å². The number of carbonyl (C=O) groups excluding carboxylic acids is 1. The van der Waals surface area contributed by atoms with Crippen LogP contribution in [0.5, 0.6) is 0 Å². The van der Waals surface area contributed by atoms with Crippen LogP contribution in [0.4, 0.5) is 5.69 Å². The molecule has 2 rings (SSSR count). The lowest BCUT2D eigenvalue weighted by Gasteiger charge is -2.38. The minimum atomic E-state index is 0.105. The lowest BCUT2D eigenvalue weighted by Crippen LogP contribution is -2.43. The van der Waals surface area contributed by atoms with Crippen molar-refractivity contribution >= 4 is 11.6 Å². The van der Waals surface area contributed by atoms with E-state index in [-0.39, 0.29) is 11.3 Å². The van der Waals surface area contributed by atoms with Gasteiger partial charge in [-0.3, -0.25) is 9.78 Å². The zero-order chi connectivity index (χ0) is 15.5. The Morgan fingerprint density at radius 2 is 2.24 bits per heavy atom. The summed E-state index contributed by atoms with van der Waals surface area (Å²) in [4.78, 5) is 19.1. The molecule has 1 saturated heterocycles. The Labute approximate surface area is 127 Å². The summed E-state index contributed by atoms with van der Waals surface area (Å²) in [6, 6.07) is 1.97. The highest BCUT2D eigenvalue weighted by Gasteiger charge is 2.30. The molecule has 4 nitrogen and oxygen atoms in total. The second-order valence-electron chi connectivity index (χ2n) is 6.79. The van der Waals surface area contributed by atoms with E-state index >= 15 is 0 Å². The van der Waals surface area contributed by atoms with E-state index in [0.29, 0.717) is 5.56 Å². The molecular weight excluding hydrogens is 262 g/mol. The second-order valence-corrected chi connectivity index (χ2v) is 6.79. The molecule has 0 atom stereocenters. The first-order valence-electron chi connectivity index (χ1n) is 7.93. The summed E-state index contributed by atoms with van der Waals surface area (Å²) in [7, 11) is 0. The van der Waals surface area contributed by atoms with Crippen molar-refractivity contribution in [2.75, 3.05) is 25.0 Å². The number of pyridine rings is 1. The van der Waals surface area contributed by atoms with Crippen LogP contribution in [0.15, 0.2) is 12.3 Å². The first-order valence-corrected chi connectivity index (χ1v) is 7.93. The summed E-state index contributed by atoms with van der Waals surface area (Å²) in [5, 5.41) is 3.36. The van der Waals surface area contributed by atoms with Crippen molar-refractivity contribution < 1.29 is 4.79 Å². The Bertz CT molecular complexity index is 511. The minimum absolute atomic E-state index is 0.105. The minimum Gasteiger partial charge on any atom is -0.384 e. The van der Waals surface area contributed by atoms with Crippen LogP contribution in [0, 0.1) is 12.3 Å². The monoisotopic (exact) mass is 289 g/mol. The molecule has 2 heterocycles. The van der Waals surface area contributed by atoms with Gasteiger partial charge in [-0.25, -0.2) is 0 Å². The molecule has 0 radical (unpaired) electrons. The van der Waals surface area contributed by atoms with Gasteiger partial charge in [-0.15, -0.1) is 0 Å². The van der Waals surface area contributed by atoms with Crippen LogP contribution < -0.4 is 5.32 Å². The smallest absolute Gasteiger partial charge is 0.257 e. The number of hydrogen-bond donors (Lipinski definition) is 1. The first-order chi connectivity index (χ1) is 9.93. The molecule has 1 fully saturated rings. The largest absolute Gasteiger partial charge is 0.384 e. The van der Waals surface area contributed by atoms with E-state index in [9.17, 15) is 4.79 Å². The summed E-state index contributed by atoms with van der Waals surface area (Å²) in [6.07, 6.45) is 5.02. The fourth-order valence-corrected chi connectivity index (χ4v) is 2.90. The van der Waals surface area contributed by atoms with Crippen molar-refractivity contribution in [3.05, 3.63) is 23.5 Å². The molecule has 0 aromatic carbocycles. The van der Waals surface area contributed by atoms with Gasteiger partial charge in [0.1, 0.15) is 0 Å². The van der Waals surface area contributed by atoms with Crippen LogP contribution in [0.2, 0.25) is 0 Å². The third kappa shape index (κ3) is 3.96. The van der Waals surface area contributed by atoms with E-state index in [4.69, 9.17) is 0 Å². The van der Waals surface area contributed by atoms with Gasteiger partial charge in [0.25, 0.3) is 5.91 Å². The van der Waals surface area contributed by atoms with Gasteiger partial charge in [0.2, 0.25) is 0 Å². The Kier molecular flexibility index (Phi) is 4.86. The molecule has 1 aromatic rings. The molecule has 1 amide bonds. The number of nitrogens with one attached hydrogen (secondary N) is 1. The number of aromatic nitrogens is 1. The molecule has 1 aliphatic heterocycles. The summed E-state index contributed by atoms with van der Waals surface area (Å²) in [5.74, 6) is 0.105. The summed E-state index contributed by atoms with van der Waals surface area (Å²) < 4.78 is 0. The zero-order valence-corrected chi connectivity index (χ0v) is 13.7. The Balaban J connectivity index is 2.21. The fraction of sp³-hybridized carbons (Fsp3) is 0.647. The number of likely N-dealkylation sites (tertiary alicyclic amines) is 1. The SMILES string of the molecule is CCCNc1cc(C)ncc1C(=O)N1CCCC(C)(C)C1. The number of rotatable bonds is 4. The molecular formula is C17H27N3O. The van der Waals surface area contributed by atoms with Gasteiger partial charge in [-0.05, 0) is 37.7 Å². The van der Waals surface area contributed by atoms with Crippen LogP contribution in [-0.2, 0) is 0 Å². The van der Waals surface area contributed by atoms with E-state index < -0.39 is 0 Å². The van der Waals surface area contributed by atoms with Crippen molar-refractivity contribution in [2.24, 2.45) is 5.41 Å². The predicted octanol–water partition coefficient (Wildman–Crippen LogP) is 3.47. The van der Waals surface area contributed by atoms with Gasteiger partial charge in [-0.2, -0.15) is 0 Å². The number of amides is 1. The van der Waals surface area contributed by atoms with E-state index in [1.54, 1.807) is 6.20 Å². The van der Waals surface area contributed by atoms with Crippen LogP contribution in [-0.4, -0.2) is 35.4 Å². The van der Waals surface area contributed by atoms with E-state index in [1.807, 2.05) is 17.9 Å². The maximum atomic E-state index is 12.8. The molecule has 1 aromatic heterocycles. The molecule has 0 spiro atoms. The predicted molar refractivity (Wildman–Crippen MR) is 86.7 cm³/mol. The highest BCUT2D eigenvalue weighted by molar-refractivity contribution is 5.99. The average molecular weight is 289 g/mol. The van der Waals surface area contributed by atoms with Gasteiger partial charge in [-0.1, -0.05) is 20.8 Å². The van der Waals surface area contributed by atoms with Crippen molar-refractivity contribution in [2.45, 2.75) is 47.0 Å². The third-order valence-electron chi connectivity index (χ3n) is 4.02. The Hall–Kier alpha value is -1.58. The van der Waals surface area contributed by atoms with Gasteiger partial charge in [0, 0.05) is 31.5 Å². The van der Waals surface area contributed by atoms with Gasteiger partial charge >= 0.3 is 0 Å². The summed E-state index contributed by atoms with van der Waals surface area (Å²) >= 11 is 0. The van der Waals surface area contributed by atoms with Gasteiger partial charge in [0.15, 0.2) is 0 Å². The normalized spacial score (nSPS) is 17.6. The first kappa shape index (κ1) is 15.8. The second kappa shape index (κ2) is 6.46. The van der Waals surface area contributed by atoms with Crippen LogP contribution >= 0.6 is 0 Å². The van der Waals surface area contributed by atoms with E-state index in [1.165, 1.54) is 6.42 Å². The molecule has 0 unspecified atom stereocenters. The number of carbonyl (C=O) groups is 1. The number of anilines is 1. The molecule has 1 N–H and O–H groups in total. The number of hydrogen-bond acceptors (Lipinski definition) is 3. The third-order valence-corrected chi connectivity index (χ3v) is 4.02. The maximum Gasteiger partial charge on any atom is 0.257 e. The van der Waals surface area contributed by atoms with Crippen molar-refractivity contribution in [3.8, 4) is 0 Å². The number of nitrogens with zero attached hydrogens (tertiary/aromatic N) is 2. The van der Waals surface area contributed by atoms with Crippen molar-refractivity contribution in [3.63, 3.8) is 0 Å². The molecule has 21 heavy (non-hydrogen) atoms. The van der Waals surface area contributed by atoms with Crippen LogP contribution in [0.3, 0.4) is 0 Å². The van der Waals surface area contributed by atoms with Gasteiger partial charge in [0.05, 0.1) is 11.3 Å². The number of aryl methyl sites for hydroxylation is 1. The molecule has 1 aliphatic rings. The van der Waals surface area contributed by atoms with E-state index in [0.717, 1.165) is 43.9 Å². The van der Waals surface area contributed by atoms with Crippen LogP contribution in [0.25, 0.3) is 0 Å². The molecule has 0 saturated carbocycles. The molecule has 116 valence electrons. The Morgan fingerprint density at radius 1 is 1.48 bits per heavy atom. The Morgan fingerprint density at radius 3 is 2.90 bits per heavy atom. The quantitative estimate of drug-likeness (QED) is 0.923. The number of piperidine rings is 1. The lowest BCUT2D eigenvalue weighted by atomic mass is 9.84. The topological polar surface area (TPSA) is 45.2 Å². The highest BCUT2D eigenvalue weighted by atomic mass is 16.2. The van der Waals surface area contributed by atoms with Gasteiger partial charge < -0.3 is 10.2 Å².